The summed E-state index contributed by atoms with van der Waals surface area (Å²) in [5.41, 5.74) is 1.70. The van der Waals surface area contributed by atoms with Crippen molar-refractivity contribution in [2.24, 2.45) is 0 Å². The van der Waals surface area contributed by atoms with Gasteiger partial charge in [-0.05, 0) is 55.0 Å². The SMILES string of the molecule is Cc1cc(SCc2sc(-c3ccc(C(F)(F)F)cc3)nc2CSc2ccccc2)ccc1OCC(=O)O. The fourth-order valence-corrected chi connectivity index (χ4v) is 6.53. The number of nitrogens with zero attached hydrogens (tertiary/aromatic N) is 1. The minimum Gasteiger partial charge on any atom is -0.482 e. The topological polar surface area (TPSA) is 59.4 Å². The molecule has 0 saturated carbocycles. The van der Waals surface area contributed by atoms with E-state index in [0.717, 1.165) is 38.1 Å². The van der Waals surface area contributed by atoms with Crippen LogP contribution in [0.1, 0.15) is 21.7 Å². The van der Waals surface area contributed by atoms with E-state index in [1.807, 2.05) is 49.4 Å². The molecule has 0 amide bonds. The van der Waals surface area contributed by atoms with E-state index in [-0.39, 0.29) is 0 Å². The lowest BCUT2D eigenvalue weighted by atomic mass is 10.1. The molecule has 1 N–H and O–H groups in total. The average Bonchev–Trinajstić information content (AvgIpc) is 3.29. The number of aryl methyl sites for hydroxylation is 1. The van der Waals surface area contributed by atoms with Gasteiger partial charge in [0.25, 0.3) is 0 Å². The Bertz CT molecular complexity index is 1360. The third-order valence-electron chi connectivity index (χ3n) is 5.22. The van der Waals surface area contributed by atoms with Crippen LogP contribution in [0.3, 0.4) is 0 Å². The molecule has 4 rings (SSSR count). The Morgan fingerprint density at radius 1 is 0.973 bits per heavy atom. The first-order chi connectivity index (χ1) is 17.7. The Hall–Kier alpha value is -2.95. The molecular formula is C27H22F3NO3S3. The molecule has 4 nitrogen and oxygen atoms in total. The highest BCUT2D eigenvalue weighted by Gasteiger charge is 2.30. The quantitative estimate of drug-likeness (QED) is 0.197. The van der Waals surface area contributed by atoms with Crippen molar-refractivity contribution in [3.8, 4) is 16.3 Å². The Balaban J connectivity index is 1.53. The predicted molar refractivity (Wildman–Crippen MR) is 142 cm³/mol. The van der Waals surface area contributed by atoms with Gasteiger partial charge in [-0.3, -0.25) is 0 Å². The molecule has 0 bridgehead atoms. The fourth-order valence-electron chi connectivity index (χ4n) is 3.36. The predicted octanol–water partition coefficient (Wildman–Crippen LogP) is 8.19. The summed E-state index contributed by atoms with van der Waals surface area (Å²) in [5, 5.41) is 9.50. The molecule has 0 spiro atoms. The minimum atomic E-state index is -4.38. The number of rotatable bonds is 10. The van der Waals surface area contributed by atoms with Crippen molar-refractivity contribution in [1.82, 2.24) is 4.98 Å². The molecule has 0 aliphatic carbocycles. The summed E-state index contributed by atoms with van der Waals surface area (Å²) in [6, 6.07) is 20.6. The molecule has 0 unspecified atom stereocenters. The average molecular weight is 562 g/mol. The lowest BCUT2D eigenvalue weighted by Gasteiger charge is -2.09. The number of carboxylic acids is 1. The summed E-state index contributed by atoms with van der Waals surface area (Å²) < 4.78 is 44.3. The van der Waals surface area contributed by atoms with Crippen LogP contribution in [0.25, 0.3) is 10.6 Å². The van der Waals surface area contributed by atoms with Crippen LogP contribution in [0.5, 0.6) is 5.75 Å². The number of carbonyl (C=O) groups is 1. The van der Waals surface area contributed by atoms with E-state index in [2.05, 4.69) is 0 Å². The van der Waals surface area contributed by atoms with Crippen molar-refractivity contribution in [2.75, 3.05) is 6.61 Å². The van der Waals surface area contributed by atoms with Gasteiger partial charge >= 0.3 is 12.1 Å². The highest BCUT2D eigenvalue weighted by atomic mass is 32.2. The first-order valence-corrected chi connectivity index (χ1v) is 13.9. The Kier molecular flexibility index (Phi) is 8.83. The van der Waals surface area contributed by atoms with Crippen molar-refractivity contribution in [3.63, 3.8) is 0 Å². The number of aliphatic carboxylic acids is 1. The third kappa shape index (κ3) is 7.53. The smallest absolute Gasteiger partial charge is 0.416 e. The number of hydrogen-bond acceptors (Lipinski definition) is 6. The van der Waals surface area contributed by atoms with Gasteiger partial charge in [0.2, 0.25) is 0 Å². The number of carboxylic acid groups (broad SMARTS) is 1. The summed E-state index contributed by atoms with van der Waals surface area (Å²) in [7, 11) is 0. The highest BCUT2D eigenvalue weighted by Crippen LogP contribution is 2.37. The molecule has 3 aromatic carbocycles. The summed E-state index contributed by atoms with van der Waals surface area (Å²) in [6.45, 7) is 1.46. The number of halogens is 3. The summed E-state index contributed by atoms with van der Waals surface area (Å²) in [5.74, 6) is 0.761. The van der Waals surface area contributed by atoms with Gasteiger partial charge in [0.1, 0.15) is 10.8 Å². The number of alkyl halides is 3. The van der Waals surface area contributed by atoms with Crippen LogP contribution in [0.15, 0.2) is 82.6 Å². The highest BCUT2D eigenvalue weighted by molar-refractivity contribution is 7.99. The lowest BCUT2D eigenvalue weighted by Crippen LogP contribution is -2.09. The maximum Gasteiger partial charge on any atom is 0.416 e. The number of benzene rings is 3. The van der Waals surface area contributed by atoms with Crippen LogP contribution < -0.4 is 4.74 Å². The molecule has 0 saturated heterocycles. The van der Waals surface area contributed by atoms with Crippen LogP contribution in [0.2, 0.25) is 0 Å². The van der Waals surface area contributed by atoms with Gasteiger partial charge < -0.3 is 9.84 Å². The summed E-state index contributed by atoms with van der Waals surface area (Å²) in [4.78, 5) is 18.7. The Morgan fingerprint density at radius 2 is 1.68 bits per heavy atom. The maximum absolute atomic E-state index is 13.0. The van der Waals surface area contributed by atoms with Crippen molar-refractivity contribution in [3.05, 3.63) is 94.5 Å². The molecule has 0 aliphatic heterocycles. The van der Waals surface area contributed by atoms with Gasteiger partial charge in [-0.15, -0.1) is 34.9 Å². The molecule has 4 aromatic rings. The number of thiazole rings is 1. The second-order valence-corrected chi connectivity index (χ2v) is 11.1. The van der Waals surface area contributed by atoms with E-state index < -0.39 is 24.3 Å². The van der Waals surface area contributed by atoms with Gasteiger partial charge in [-0.25, -0.2) is 9.78 Å². The number of hydrogen-bond donors (Lipinski definition) is 1. The number of aromatic nitrogens is 1. The van der Waals surface area contributed by atoms with Crippen LogP contribution >= 0.6 is 34.9 Å². The molecule has 1 aromatic heterocycles. The second-order valence-electron chi connectivity index (χ2n) is 7.96. The van der Waals surface area contributed by atoms with Gasteiger partial charge in [-0.1, -0.05) is 30.3 Å². The molecule has 0 aliphatic rings. The molecule has 0 radical (unpaired) electrons. The van der Waals surface area contributed by atoms with Crippen LogP contribution in [-0.4, -0.2) is 22.7 Å². The summed E-state index contributed by atoms with van der Waals surface area (Å²) in [6.07, 6.45) is -4.38. The molecule has 37 heavy (non-hydrogen) atoms. The first-order valence-electron chi connectivity index (χ1n) is 11.1. The molecule has 192 valence electrons. The Labute approximate surface area is 224 Å². The normalized spacial score (nSPS) is 11.5. The zero-order valence-corrected chi connectivity index (χ0v) is 22.1. The van der Waals surface area contributed by atoms with Crippen LogP contribution in [0, 0.1) is 6.92 Å². The lowest BCUT2D eigenvalue weighted by molar-refractivity contribution is -0.139. The van der Waals surface area contributed by atoms with E-state index in [4.69, 9.17) is 14.8 Å². The number of thioether (sulfide) groups is 2. The van der Waals surface area contributed by atoms with Gasteiger partial charge in [0.05, 0.1) is 11.3 Å². The third-order valence-corrected chi connectivity index (χ3v) is 8.60. The van der Waals surface area contributed by atoms with Crippen LogP contribution in [-0.2, 0) is 22.5 Å². The zero-order chi connectivity index (χ0) is 26.4. The van der Waals surface area contributed by atoms with Gasteiger partial charge in [0, 0.05) is 31.7 Å². The van der Waals surface area contributed by atoms with Crippen molar-refractivity contribution < 1.29 is 27.8 Å². The van der Waals surface area contributed by atoms with E-state index in [1.165, 1.54) is 23.5 Å². The second kappa shape index (κ2) is 12.1. The first kappa shape index (κ1) is 27.1. The number of ether oxygens (including phenoxy) is 1. The summed E-state index contributed by atoms with van der Waals surface area (Å²) >= 11 is 4.75. The fraction of sp³-hybridized carbons (Fsp3) is 0.185. The van der Waals surface area contributed by atoms with Crippen molar-refractivity contribution in [1.29, 1.82) is 0 Å². The molecule has 0 fully saturated rings. The van der Waals surface area contributed by atoms with Crippen molar-refractivity contribution in [2.45, 2.75) is 34.4 Å². The molecular weight excluding hydrogens is 539 g/mol. The van der Waals surface area contributed by atoms with E-state index >= 15 is 0 Å². The van der Waals surface area contributed by atoms with Gasteiger partial charge in [-0.2, -0.15) is 13.2 Å². The molecule has 0 atom stereocenters. The maximum atomic E-state index is 13.0. The largest absolute Gasteiger partial charge is 0.482 e. The zero-order valence-electron chi connectivity index (χ0n) is 19.6. The van der Waals surface area contributed by atoms with E-state index in [9.17, 15) is 18.0 Å². The standard InChI is InChI=1S/C27H22F3NO3S3/c1-17-13-21(11-12-23(17)34-14-25(32)33)36-16-24-22(15-35-20-5-3-2-4-6-20)31-26(37-24)18-7-9-19(10-8-18)27(28,29)30/h2-13H,14-16H2,1H3,(H,32,33). The van der Waals surface area contributed by atoms with Crippen molar-refractivity contribution >= 4 is 40.8 Å². The van der Waals surface area contributed by atoms with E-state index in [1.54, 1.807) is 29.6 Å². The molecule has 10 heteroatoms. The van der Waals surface area contributed by atoms with E-state index in [0.29, 0.717) is 27.8 Å². The minimum absolute atomic E-state index is 0.399. The molecule has 1 heterocycles. The van der Waals surface area contributed by atoms with Gasteiger partial charge in [0.15, 0.2) is 6.61 Å². The Morgan fingerprint density at radius 3 is 2.32 bits per heavy atom. The van der Waals surface area contributed by atoms with Crippen LogP contribution in [0.4, 0.5) is 13.2 Å². The monoisotopic (exact) mass is 561 g/mol.